The zero-order valence-corrected chi connectivity index (χ0v) is 9.71. The molecule has 14 heavy (non-hydrogen) atoms. The number of benzene rings is 1. The quantitative estimate of drug-likeness (QED) is 0.744. The van der Waals surface area contributed by atoms with Gasteiger partial charge in [0.15, 0.2) is 0 Å². The Morgan fingerprint density at radius 2 is 2.21 bits per heavy atom. The molecular weight excluding hydrogens is 216 g/mol. The van der Waals surface area contributed by atoms with Crippen molar-refractivity contribution in [2.45, 2.75) is 13.8 Å². The van der Waals surface area contributed by atoms with Crippen molar-refractivity contribution in [2.75, 3.05) is 6.61 Å². The Morgan fingerprint density at radius 1 is 1.43 bits per heavy atom. The molecule has 0 aliphatic heterocycles. The summed E-state index contributed by atoms with van der Waals surface area (Å²) in [5, 5.41) is 1.93. The molecule has 0 radical (unpaired) electrons. The molecule has 0 saturated heterocycles. The predicted octanol–water partition coefficient (Wildman–Crippen LogP) is 4.26. The van der Waals surface area contributed by atoms with Gasteiger partial charge in [-0.2, -0.15) is 0 Å². The number of ether oxygens (including phenoxy) is 1. The Morgan fingerprint density at radius 3 is 2.93 bits per heavy atom. The topological polar surface area (TPSA) is 9.23 Å². The first-order valence-corrected chi connectivity index (χ1v) is 5.73. The highest BCUT2D eigenvalue weighted by Gasteiger charge is 2.08. The van der Waals surface area contributed by atoms with Crippen molar-refractivity contribution >= 4 is 33.0 Å². The first-order valence-electron chi connectivity index (χ1n) is 4.54. The maximum absolute atomic E-state index is 6.10. The third-order valence-electron chi connectivity index (χ3n) is 2.02. The Bertz CT molecular complexity index is 462. The van der Waals surface area contributed by atoms with Crippen LogP contribution in [0.25, 0.3) is 10.1 Å². The summed E-state index contributed by atoms with van der Waals surface area (Å²) < 4.78 is 6.66. The van der Waals surface area contributed by atoms with E-state index in [1.807, 2.05) is 19.1 Å². The standard InChI is InChI=1S/C11H11ClOS/c1-3-13-10-5-4-9(12)11-8(10)6-7(2)14-11/h4-6H,3H2,1-2H3. The zero-order valence-electron chi connectivity index (χ0n) is 8.13. The van der Waals surface area contributed by atoms with Crippen molar-refractivity contribution in [3.05, 3.63) is 28.1 Å². The summed E-state index contributed by atoms with van der Waals surface area (Å²) >= 11 is 7.80. The fourth-order valence-corrected chi connectivity index (χ4v) is 2.68. The van der Waals surface area contributed by atoms with Gasteiger partial charge in [0.25, 0.3) is 0 Å². The van der Waals surface area contributed by atoms with Crippen molar-refractivity contribution in [3.63, 3.8) is 0 Å². The lowest BCUT2D eigenvalue weighted by Crippen LogP contribution is -1.91. The lowest BCUT2D eigenvalue weighted by molar-refractivity contribution is 0.344. The summed E-state index contributed by atoms with van der Waals surface area (Å²) in [6, 6.07) is 5.95. The van der Waals surface area contributed by atoms with Crippen LogP contribution >= 0.6 is 22.9 Å². The number of thiophene rings is 1. The molecule has 0 unspecified atom stereocenters. The van der Waals surface area contributed by atoms with Crippen molar-refractivity contribution < 1.29 is 4.74 Å². The van der Waals surface area contributed by atoms with Crippen LogP contribution in [-0.2, 0) is 0 Å². The fourth-order valence-electron chi connectivity index (χ4n) is 1.47. The van der Waals surface area contributed by atoms with Gasteiger partial charge >= 0.3 is 0 Å². The van der Waals surface area contributed by atoms with Crippen LogP contribution in [0.2, 0.25) is 5.02 Å². The average Bonchev–Trinajstić information content (AvgIpc) is 2.53. The van der Waals surface area contributed by atoms with Gasteiger partial charge in [-0.15, -0.1) is 11.3 Å². The summed E-state index contributed by atoms with van der Waals surface area (Å²) in [5.41, 5.74) is 0. The summed E-state index contributed by atoms with van der Waals surface area (Å²) in [4.78, 5) is 1.26. The summed E-state index contributed by atoms with van der Waals surface area (Å²) in [6.45, 7) is 4.75. The molecule has 0 N–H and O–H groups in total. The highest BCUT2D eigenvalue weighted by molar-refractivity contribution is 7.19. The monoisotopic (exact) mass is 226 g/mol. The van der Waals surface area contributed by atoms with E-state index in [0.717, 1.165) is 20.9 Å². The Kier molecular flexibility index (Phi) is 2.66. The number of fused-ring (bicyclic) bond motifs is 1. The fraction of sp³-hybridized carbons (Fsp3) is 0.273. The van der Waals surface area contributed by atoms with Gasteiger partial charge in [0.1, 0.15) is 5.75 Å². The predicted molar refractivity (Wildman–Crippen MR) is 62.7 cm³/mol. The van der Waals surface area contributed by atoms with E-state index in [4.69, 9.17) is 16.3 Å². The van der Waals surface area contributed by atoms with E-state index in [-0.39, 0.29) is 0 Å². The van der Waals surface area contributed by atoms with E-state index in [2.05, 4.69) is 13.0 Å². The lowest BCUT2D eigenvalue weighted by Gasteiger charge is -2.04. The molecule has 0 amide bonds. The molecule has 0 atom stereocenters. The molecule has 0 fully saturated rings. The van der Waals surface area contributed by atoms with Gasteiger partial charge in [-0.25, -0.2) is 0 Å². The maximum Gasteiger partial charge on any atom is 0.128 e. The van der Waals surface area contributed by atoms with Crippen molar-refractivity contribution in [3.8, 4) is 5.75 Å². The van der Waals surface area contributed by atoms with Gasteiger partial charge in [0.05, 0.1) is 16.3 Å². The van der Waals surface area contributed by atoms with Crippen LogP contribution in [0.15, 0.2) is 18.2 Å². The second-order valence-corrected chi connectivity index (χ2v) is 4.74. The van der Waals surface area contributed by atoms with Crippen molar-refractivity contribution in [1.29, 1.82) is 0 Å². The third kappa shape index (κ3) is 1.60. The van der Waals surface area contributed by atoms with Crippen LogP contribution in [0.4, 0.5) is 0 Å². The molecule has 2 rings (SSSR count). The van der Waals surface area contributed by atoms with Crippen LogP contribution in [0.3, 0.4) is 0 Å². The van der Waals surface area contributed by atoms with Gasteiger partial charge in [-0.1, -0.05) is 11.6 Å². The molecule has 0 aliphatic carbocycles. The smallest absolute Gasteiger partial charge is 0.128 e. The Labute approximate surface area is 92.3 Å². The van der Waals surface area contributed by atoms with E-state index in [1.54, 1.807) is 11.3 Å². The molecule has 0 aliphatic rings. The molecule has 1 aromatic carbocycles. The molecule has 1 nitrogen and oxygen atoms in total. The Hall–Kier alpha value is -0.730. The Balaban J connectivity index is 2.68. The van der Waals surface area contributed by atoms with Crippen molar-refractivity contribution in [2.24, 2.45) is 0 Å². The summed E-state index contributed by atoms with van der Waals surface area (Å²) in [6.07, 6.45) is 0. The van der Waals surface area contributed by atoms with E-state index < -0.39 is 0 Å². The van der Waals surface area contributed by atoms with Crippen LogP contribution in [0.5, 0.6) is 5.75 Å². The third-order valence-corrected chi connectivity index (χ3v) is 3.53. The maximum atomic E-state index is 6.10. The van der Waals surface area contributed by atoms with E-state index in [0.29, 0.717) is 6.61 Å². The molecule has 0 spiro atoms. The minimum Gasteiger partial charge on any atom is -0.493 e. The lowest BCUT2D eigenvalue weighted by atomic mass is 10.2. The normalized spacial score (nSPS) is 10.8. The van der Waals surface area contributed by atoms with Gasteiger partial charge in [-0.05, 0) is 32.0 Å². The van der Waals surface area contributed by atoms with Crippen LogP contribution in [0, 0.1) is 6.92 Å². The number of hydrogen-bond acceptors (Lipinski definition) is 2. The number of halogens is 1. The van der Waals surface area contributed by atoms with Gasteiger partial charge in [0, 0.05) is 10.3 Å². The van der Waals surface area contributed by atoms with E-state index >= 15 is 0 Å². The summed E-state index contributed by atoms with van der Waals surface area (Å²) in [5.74, 6) is 0.927. The van der Waals surface area contributed by atoms with Gasteiger partial charge < -0.3 is 4.74 Å². The number of rotatable bonds is 2. The zero-order chi connectivity index (χ0) is 10.1. The molecule has 2 aromatic rings. The second-order valence-electron chi connectivity index (χ2n) is 3.08. The largest absolute Gasteiger partial charge is 0.493 e. The van der Waals surface area contributed by atoms with Crippen LogP contribution in [0.1, 0.15) is 11.8 Å². The van der Waals surface area contributed by atoms with E-state index in [1.165, 1.54) is 4.88 Å². The molecule has 3 heteroatoms. The van der Waals surface area contributed by atoms with Gasteiger partial charge in [-0.3, -0.25) is 0 Å². The first kappa shape index (κ1) is 9.81. The summed E-state index contributed by atoms with van der Waals surface area (Å²) in [7, 11) is 0. The average molecular weight is 227 g/mol. The molecule has 1 heterocycles. The van der Waals surface area contributed by atoms with Crippen molar-refractivity contribution in [1.82, 2.24) is 0 Å². The molecule has 0 bridgehead atoms. The molecule has 1 aromatic heterocycles. The van der Waals surface area contributed by atoms with Gasteiger partial charge in [0.2, 0.25) is 0 Å². The first-order chi connectivity index (χ1) is 6.72. The molecule has 0 saturated carbocycles. The molecule has 74 valence electrons. The number of hydrogen-bond donors (Lipinski definition) is 0. The SMILES string of the molecule is CCOc1ccc(Cl)c2sc(C)cc12. The minimum absolute atomic E-state index is 0.686. The van der Waals surface area contributed by atoms with Crippen LogP contribution < -0.4 is 4.74 Å². The molecular formula is C11H11ClOS. The van der Waals surface area contributed by atoms with E-state index in [9.17, 15) is 0 Å². The highest BCUT2D eigenvalue weighted by atomic mass is 35.5. The van der Waals surface area contributed by atoms with Crippen LogP contribution in [-0.4, -0.2) is 6.61 Å². The number of aryl methyl sites for hydroxylation is 1. The highest BCUT2D eigenvalue weighted by Crippen LogP contribution is 2.37. The minimum atomic E-state index is 0.686. The second kappa shape index (κ2) is 3.79.